The van der Waals surface area contributed by atoms with Gasteiger partial charge < -0.3 is 16.2 Å². The number of rotatable bonds is 6. The molecule has 5 nitrogen and oxygen atoms in total. The highest BCUT2D eigenvalue weighted by Crippen LogP contribution is 2.43. The third kappa shape index (κ3) is 3.72. The van der Waals surface area contributed by atoms with Gasteiger partial charge in [0.15, 0.2) is 0 Å². The van der Waals surface area contributed by atoms with E-state index in [4.69, 9.17) is 10.8 Å². The molecule has 1 aromatic carbocycles. The van der Waals surface area contributed by atoms with Gasteiger partial charge in [0, 0.05) is 13.0 Å². The van der Waals surface area contributed by atoms with Crippen LogP contribution in [0.5, 0.6) is 0 Å². The standard InChI is InChI=1S/C18H26N2O3/c1-12(21)20-18(9-13(10-18)16(22)23)15(19)11-17(2,3)14-7-5-4-6-8-14/h4-8,13,15H,9-11,19H2,1-3H3,(H,20,21)(H,22,23). The summed E-state index contributed by atoms with van der Waals surface area (Å²) in [5.74, 6) is -1.41. The highest BCUT2D eigenvalue weighted by molar-refractivity contribution is 5.76. The summed E-state index contributed by atoms with van der Waals surface area (Å²) in [4.78, 5) is 22.7. The predicted octanol–water partition coefficient (Wildman–Crippen LogP) is 2.05. The molecule has 0 radical (unpaired) electrons. The zero-order chi connectivity index (χ0) is 17.3. The Labute approximate surface area is 137 Å². The minimum Gasteiger partial charge on any atom is -0.481 e. The van der Waals surface area contributed by atoms with Crippen LogP contribution in [0.4, 0.5) is 0 Å². The summed E-state index contributed by atoms with van der Waals surface area (Å²) >= 11 is 0. The van der Waals surface area contributed by atoms with Gasteiger partial charge in [0.2, 0.25) is 5.91 Å². The largest absolute Gasteiger partial charge is 0.481 e. The van der Waals surface area contributed by atoms with E-state index in [1.54, 1.807) is 0 Å². The number of benzene rings is 1. The van der Waals surface area contributed by atoms with Crippen LogP contribution in [0.3, 0.4) is 0 Å². The lowest BCUT2D eigenvalue weighted by atomic mass is 9.61. The average Bonchev–Trinajstić information content (AvgIpc) is 2.42. The van der Waals surface area contributed by atoms with Crippen molar-refractivity contribution in [1.82, 2.24) is 5.32 Å². The maximum Gasteiger partial charge on any atom is 0.306 e. The van der Waals surface area contributed by atoms with Gasteiger partial charge in [-0.25, -0.2) is 0 Å². The highest BCUT2D eigenvalue weighted by atomic mass is 16.4. The number of hydrogen-bond donors (Lipinski definition) is 3. The Balaban J connectivity index is 2.14. The summed E-state index contributed by atoms with van der Waals surface area (Å²) in [6.45, 7) is 5.69. The number of amides is 1. The van der Waals surface area contributed by atoms with Gasteiger partial charge in [-0.15, -0.1) is 0 Å². The van der Waals surface area contributed by atoms with E-state index < -0.39 is 17.4 Å². The van der Waals surface area contributed by atoms with E-state index in [9.17, 15) is 9.59 Å². The second kappa shape index (κ2) is 6.32. The van der Waals surface area contributed by atoms with Crippen molar-refractivity contribution in [3.8, 4) is 0 Å². The molecule has 0 aliphatic heterocycles. The minimum absolute atomic E-state index is 0.152. The van der Waals surface area contributed by atoms with Crippen LogP contribution in [0.15, 0.2) is 30.3 Å². The SMILES string of the molecule is CC(=O)NC1(C(N)CC(C)(C)c2ccccc2)CC(C(=O)O)C1. The number of carbonyl (C=O) groups excluding carboxylic acids is 1. The van der Waals surface area contributed by atoms with Gasteiger partial charge in [-0.1, -0.05) is 44.2 Å². The van der Waals surface area contributed by atoms with E-state index in [1.807, 2.05) is 18.2 Å². The summed E-state index contributed by atoms with van der Waals surface area (Å²) < 4.78 is 0. The molecule has 1 saturated carbocycles. The second-order valence-electron chi connectivity index (χ2n) is 7.34. The van der Waals surface area contributed by atoms with Crippen molar-refractivity contribution in [2.75, 3.05) is 0 Å². The fourth-order valence-electron chi connectivity index (χ4n) is 3.59. The molecule has 23 heavy (non-hydrogen) atoms. The van der Waals surface area contributed by atoms with E-state index in [2.05, 4.69) is 31.3 Å². The molecule has 0 bridgehead atoms. The molecule has 5 heteroatoms. The number of carboxylic acid groups (broad SMARTS) is 1. The number of carboxylic acids is 1. The van der Waals surface area contributed by atoms with Crippen LogP contribution in [-0.2, 0) is 15.0 Å². The Bertz CT molecular complexity index is 577. The Morgan fingerprint density at radius 2 is 1.91 bits per heavy atom. The zero-order valence-corrected chi connectivity index (χ0v) is 14.0. The molecule has 2 rings (SSSR count). The minimum atomic E-state index is -0.819. The fraction of sp³-hybridized carbons (Fsp3) is 0.556. The average molecular weight is 318 g/mol. The Hall–Kier alpha value is -1.88. The van der Waals surface area contributed by atoms with Crippen molar-refractivity contribution in [1.29, 1.82) is 0 Å². The lowest BCUT2D eigenvalue weighted by molar-refractivity contribution is -0.150. The number of nitrogens with one attached hydrogen (secondary N) is 1. The van der Waals surface area contributed by atoms with Crippen LogP contribution in [0.25, 0.3) is 0 Å². The smallest absolute Gasteiger partial charge is 0.306 e. The van der Waals surface area contributed by atoms with Crippen molar-refractivity contribution in [3.63, 3.8) is 0 Å². The molecule has 1 aromatic rings. The van der Waals surface area contributed by atoms with Gasteiger partial charge in [-0.3, -0.25) is 9.59 Å². The highest BCUT2D eigenvalue weighted by Gasteiger charge is 2.52. The zero-order valence-electron chi connectivity index (χ0n) is 14.0. The van der Waals surface area contributed by atoms with Gasteiger partial charge in [0.05, 0.1) is 11.5 Å². The topological polar surface area (TPSA) is 92.4 Å². The Morgan fingerprint density at radius 1 is 1.35 bits per heavy atom. The Kier molecular flexibility index (Phi) is 4.80. The quantitative estimate of drug-likeness (QED) is 0.748. The molecular weight excluding hydrogens is 292 g/mol. The van der Waals surface area contributed by atoms with E-state index in [0.717, 1.165) is 0 Å². The number of nitrogens with two attached hydrogens (primary N) is 1. The number of carbonyl (C=O) groups is 2. The van der Waals surface area contributed by atoms with Crippen LogP contribution in [0.2, 0.25) is 0 Å². The molecule has 1 unspecified atom stereocenters. The van der Waals surface area contributed by atoms with Crippen LogP contribution in [-0.4, -0.2) is 28.6 Å². The summed E-state index contributed by atoms with van der Waals surface area (Å²) in [5, 5.41) is 12.1. The van der Waals surface area contributed by atoms with Crippen molar-refractivity contribution < 1.29 is 14.7 Å². The van der Waals surface area contributed by atoms with Crippen LogP contribution in [0.1, 0.15) is 45.6 Å². The van der Waals surface area contributed by atoms with Gasteiger partial charge in [-0.2, -0.15) is 0 Å². The molecule has 4 N–H and O–H groups in total. The third-order valence-electron chi connectivity index (χ3n) is 4.99. The molecule has 1 atom stereocenters. The summed E-state index contributed by atoms with van der Waals surface area (Å²) in [7, 11) is 0. The molecule has 1 aliphatic rings. The van der Waals surface area contributed by atoms with Crippen molar-refractivity contribution in [2.45, 2.75) is 57.0 Å². The van der Waals surface area contributed by atoms with Crippen molar-refractivity contribution >= 4 is 11.9 Å². The number of aliphatic carboxylic acids is 1. The maximum absolute atomic E-state index is 11.6. The normalized spacial score (nSPS) is 25.3. The third-order valence-corrected chi connectivity index (χ3v) is 4.99. The first-order valence-electron chi connectivity index (χ1n) is 7.99. The van der Waals surface area contributed by atoms with E-state index >= 15 is 0 Å². The second-order valence-corrected chi connectivity index (χ2v) is 7.34. The summed E-state index contributed by atoms with van der Waals surface area (Å²) in [5.41, 5.74) is 6.86. The first kappa shape index (κ1) is 17.5. The van der Waals surface area contributed by atoms with Gasteiger partial charge in [-0.05, 0) is 30.2 Å². The predicted molar refractivity (Wildman–Crippen MR) is 89.0 cm³/mol. The number of hydrogen-bond acceptors (Lipinski definition) is 3. The lowest BCUT2D eigenvalue weighted by Crippen LogP contribution is -2.68. The van der Waals surface area contributed by atoms with Gasteiger partial charge >= 0.3 is 5.97 Å². The molecule has 0 aromatic heterocycles. The molecule has 0 heterocycles. The summed E-state index contributed by atoms with van der Waals surface area (Å²) in [6, 6.07) is 9.81. The summed E-state index contributed by atoms with van der Waals surface area (Å²) in [6.07, 6.45) is 1.46. The van der Waals surface area contributed by atoms with Crippen LogP contribution < -0.4 is 11.1 Å². The first-order chi connectivity index (χ1) is 10.7. The van der Waals surface area contributed by atoms with E-state index in [1.165, 1.54) is 12.5 Å². The molecular formula is C18H26N2O3. The van der Waals surface area contributed by atoms with Crippen LogP contribution in [0, 0.1) is 5.92 Å². The maximum atomic E-state index is 11.6. The van der Waals surface area contributed by atoms with Crippen molar-refractivity contribution in [3.05, 3.63) is 35.9 Å². The molecule has 1 fully saturated rings. The van der Waals surface area contributed by atoms with E-state index in [0.29, 0.717) is 19.3 Å². The molecule has 126 valence electrons. The molecule has 0 spiro atoms. The monoisotopic (exact) mass is 318 g/mol. The Morgan fingerprint density at radius 3 is 2.39 bits per heavy atom. The lowest BCUT2D eigenvalue weighted by Gasteiger charge is -2.51. The van der Waals surface area contributed by atoms with Gasteiger partial charge in [0.1, 0.15) is 0 Å². The molecule has 0 saturated heterocycles. The molecule has 1 amide bonds. The fourth-order valence-corrected chi connectivity index (χ4v) is 3.59. The first-order valence-corrected chi connectivity index (χ1v) is 7.99. The molecule has 1 aliphatic carbocycles. The van der Waals surface area contributed by atoms with Crippen LogP contribution >= 0.6 is 0 Å². The van der Waals surface area contributed by atoms with E-state index in [-0.39, 0.29) is 17.4 Å². The van der Waals surface area contributed by atoms with Gasteiger partial charge in [0.25, 0.3) is 0 Å². The van der Waals surface area contributed by atoms with Crippen molar-refractivity contribution in [2.24, 2.45) is 11.7 Å².